The SMILES string of the molecule is Cc1cccc2cc(C(=O)N3CCC(C)CC3)c(=O)oc12. The van der Waals surface area contributed by atoms with Crippen LogP contribution in [0, 0.1) is 12.8 Å². The monoisotopic (exact) mass is 285 g/mol. The summed E-state index contributed by atoms with van der Waals surface area (Å²) in [7, 11) is 0. The second-order valence-corrected chi connectivity index (χ2v) is 5.92. The first kappa shape index (κ1) is 13.9. The van der Waals surface area contributed by atoms with Gasteiger partial charge in [0.05, 0.1) is 0 Å². The number of carbonyl (C=O) groups excluding carboxylic acids is 1. The Bertz CT molecular complexity index is 739. The maximum atomic E-state index is 12.5. The number of carbonyl (C=O) groups is 1. The summed E-state index contributed by atoms with van der Waals surface area (Å²) in [4.78, 5) is 26.4. The summed E-state index contributed by atoms with van der Waals surface area (Å²) in [5.74, 6) is 0.434. The van der Waals surface area contributed by atoms with Crippen LogP contribution in [0.15, 0.2) is 33.5 Å². The van der Waals surface area contributed by atoms with Gasteiger partial charge >= 0.3 is 5.63 Å². The van der Waals surface area contributed by atoms with E-state index >= 15 is 0 Å². The van der Waals surface area contributed by atoms with Crippen molar-refractivity contribution < 1.29 is 9.21 Å². The summed E-state index contributed by atoms with van der Waals surface area (Å²) < 4.78 is 5.35. The van der Waals surface area contributed by atoms with E-state index in [4.69, 9.17) is 4.42 Å². The lowest BCUT2D eigenvalue weighted by Crippen LogP contribution is -2.39. The zero-order chi connectivity index (χ0) is 15.0. The minimum atomic E-state index is -0.541. The predicted octanol–water partition coefficient (Wildman–Crippen LogP) is 2.97. The van der Waals surface area contributed by atoms with Gasteiger partial charge in [0.15, 0.2) is 0 Å². The van der Waals surface area contributed by atoms with Crippen molar-refractivity contribution in [3.05, 3.63) is 45.8 Å². The maximum absolute atomic E-state index is 12.5. The molecule has 3 rings (SSSR count). The Morgan fingerprint density at radius 2 is 2.00 bits per heavy atom. The van der Waals surface area contributed by atoms with Crippen LogP contribution < -0.4 is 5.63 Å². The molecule has 0 unspecified atom stereocenters. The average molecular weight is 285 g/mol. The minimum Gasteiger partial charge on any atom is -0.422 e. The molecule has 1 aromatic heterocycles. The molecule has 2 aromatic rings. The van der Waals surface area contributed by atoms with E-state index < -0.39 is 5.63 Å². The molecular formula is C17H19NO3. The van der Waals surface area contributed by atoms with Gasteiger partial charge in [-0.1, -0.05) is 25.1 Å². The number of fused-ring (bicyclic) bond motifs is 1. The highest BCUT2D eigenvalue weighted by atomic mass is 16.4. The second kappa shape index (κ2) is 5.35. The molecule has 1 aliphatic rings. The lowest BCUT2D eigenvalue weighted by molar-refractivity contribution is 0.0693. The average Bonchev–Trinajstić information content (AvgIpc) is 2.48. The molecule has 1 saturated heterocycles. The first-order chi connectivity index (χ1) is 10.1. The number of amides is 1. The number of likely N-dealkylation sites (tertiary alicyclic amines) is 1. The Morgan fingerprint density at radius 3 is 2.71 bits per heavy atom. The van der Waals surface area contributed by atoms with Gasteiger partial charge in [-0.3, -0.25) is 4.79 Å². The molecule has 110 valence electrons. The van der Waals surface area contributed by atoms with Gasteiger partial charge in [0.25, 0.3) is 5.91 Å². The quantitative estimate of drug-likeness (QED) is 0.757. The Hall–Kier alpha value is -2.10. The predicted molar refractivity (Wildman–Crippen MR) is 81.5 cm³/mol. The zero-order valence-corrected chi connectivity index (χ0v) is 12.4. The lowest BCUT2D eigenvalue weighted by atomic mass is 9.98. The van der Waals surface area contributed by atoms with E-state index in [9.17, 15) is 9.59 Å². The van der Waals surface area contributed by atoms with Gasteiger partial charge in [0, 0.05) is 18.5 Å². The number of benzene rings is 1. The highest BCUT2D eigenvalue weighted by molar-refractivity contribution is 5.97. The summed E-state index contributed by atoms with van der Waals surface area (Å²) in [6.07, 6.45) is 1.98. The zero-order valence-electron chi connectivity index (χ0n) is 12.4. The van der Waals surface area contributed by atoms with Gasteiger partial charge in [0.1, 0.15) is 11.1 Å². The molecule has 1 aliphatic heterocycles. The van der Waals surface area contributed by atoms with Gasteiger partial charge in [-0.05, 0) is 37.3 Å². The molecule has 1 fully saturated rings. The Morgan fingerprint density at radius 1 is 1.29 bits per heavy atom. The summed E-state index contributed by atoms with van der Waals surface area (Å²) in [5.41, 5.74) is 1.06. The van der Waals surface area contributed by atoms with Crippen LogP contribution in [0.4, 0.5) is 0 Å². The number of nitrogens with zero attached hydrogens (tertiary/aromatic N) is 1. The van der Waals surface area contributed by atoms with E-state index in [-0.39, 0.29) is 11.5 Å². The molecule has 21 heavy (non-hydrogen) atoms. The largest absolute Gasteiger partial charge is 0.422 e. The molecule has 4 nitrogen and oxygen atoms in total. The van der Waals surface area contributed by atoms with Crippen LogP contribution in [-0.4, -0.2) is 23.9 Å². The van der Waals surface area contributed by atoms with Gasteiger partial charge in [-0.15, -0.1) is 0 Å². The third-order valence-electron chi connectivity index (χ3n) is 4.26. The van der Waals surface area contributed by atoms with E-state index in [1.54, 1.807) is 11.0 Å². The van der Waals surface area contributed by atoms with Crippen molar-refractivity contribution in [3.8, 4) is 0 Å². The van der Waals surface area contributed by atoms with Crippen LogP contribution in [0.2, 0.25) is 0 Å². The topological polar surface area (TPSA) is 50.5 Å². The van der Waals surface area contributed by atoms with Crippen LogP contribution in [0.5, 0.6) is 0 Å². The summed E-state index contributed by atoms with van der Waals surface area (Å²) in [5, 5.41) is 0.795. The molecule has 0 bridgehead atoms. The molecular weight excluding hydrogens is 266 g/mol. The molecule has 0 spiro atoms. The Balaban J connectivity index is 1.98. The fraction of sp³-hybridized carbons (Fsp3) is 0.412. The third-order valence-corrected chi connectivity index (χ3v) is 4.26. The number of aryl methyl sites for hydroxylation is 1. The van der Waals surface area contributed by atoms with Crippen LogP contribution in [0.3, 0.4) is 0 Å². The van der Waals surface area contributed by atoms with Gasteiger partial charge in [-0.25, -0.2) is 4.79 Å². The normalized spacial score (nSPS) is 16.4. The molecule has 0 aliphatic carbocycles. The van der Waals surface area contributed by atoms with Gasteiger partial charge in [-0.2, -0.15) is 0 Å². The molecule has 2 heterocycles. The maximum Gasteiger partial charge on any atom is 0.349 e. The molecule has 4 heteroatoms. The van der Waals surface area contributed by atoms with E-state index in [1.165, 1.54) is 0 Å². The van der Waals surface area contributed by atoms with E-state index in [1.807, 2.05) is 25.1 Å². The highest BCUT2D eigenvalue weighted by Gasteiger charge is 2.24. The van der Waals surface area contributed by atoms with Crippen molar-refractivity contribution in [3.63, 3.8) is 0 Å². The molecule has 1 aromatic carbocycles. The smallest absolute Gasteiger partial charge is 0.349 e. The summed E-state index contributed by atoms with van der Waals surface area (Å²) >= 11 is 0. The molecule has 1 amide bonds. The van der Waals surface area contributed by atoms with Crippen molar-refractivity contribution in [2.45, 2.75) is 26.7 Å². The highest BCUT2D eigenvalue weighted by Crippen LogP contribution is 2.20. The van der Waals surface area contributed by atoms with Crippen molar-refractivity contribution in [2.24, 2.45) is 5.92 Å². The van der Waals surface area contributed by atoms with E-state index in [2.05, 4.69) is 6.92 Å². The summed E-state index contributed by atoms with van der Waals surface area (Å²) in [6.45, 7) is 5.50. The first-order valence-electron chi connectivity index (χ1n) is 7.39. The Labute approximate surface area is 123 Å². The molecule has 0 N–H and O–H groups in total. The number of hydrogen-bond donors (Lipinski definition) is 0. The van der Waals surface area contributed by atoms with Crippen molar-refractivity contribution in [1.29, 1.82) is 0 Å². The minimum absolute atomic E-state index is 0.141. The van der Waals surface area contributed by atoms with Crippen LogP contribution in [-0.2, 0) is 0 Å². The number of hydrogen-bond acceptors (Lipinski definition) is 3. The number of para-hydroxylation sites is 1. The van der Waals surface area contributed by atoms with Crippen molar-refractivity contribution >= 4 is 16.9 Å². The fourth-order valence-corrected chi connectivity index (χ4v) is 2.82. The molecule has 0 atom stereocenters. The summed E-state index contributed by atoms with van der Waals surface area (Å²) in [6, 6.07) is 7.31. The third kappa shape index (κ3) is 2.58. The molecule has 0 radical (unpaired) electrons. The van der Waals surface area contributed by atoms with Crippen molar-refractivity contribution in [2.75, 3.05) is 13.1 Å². The van der Waals surface area contributed by atoms with E-state index in [0.717, 1.165) is 23.8 Å². The van der Waals surface area contributed by atoms with Gasteiger partial charge in [0.2, 0.25) is 0 Å². The standard InChI is InChI=1S/C17H19NO3/c1-11-6-8-18(9-7-11)16(19)14-10-13-5-3-4-12(2)15(13)21-17(14)20/h3-5,10-11H,6-9H2,1-2H3. The lowest BCUT2D eigenvalue weighted by Gasteiger charge is -2.30. The number of piperidine rings is 1. The van der Waals surface area contributed by atoms with Crippen molar-refractivity contribution in [1.82, 2.24) is 4.90 Å². The molecule has 0 saturated carbocycles. The first-order valence-corrected chi connectivity index (χ1v) is 7.39. The van der Waals surface area contributed by atoms with Crippen LogP contribution in [0.25, 0.3) is 11.0 Å². The van der Waals surface area contributed by atoms with Crippen LogP contribution >= 0.6 is 0 Å². The van der Waals surface area contributed by atoms with Gasteiger partial charge < -0.3 is 9.32 Å². The number of rotatable bonds is 1. The Kier molecular flexibility index (Phi) is 3.53. The van der Waals surface area contributed by atoms with E-state index in [0.29, 0.717) is 24.6 Å². The second-order valence-electron chi connectivity index (χ2n) is 5.92. The van der Waals surface area contributed by atoms with Crippen LogP contribution in [0.1, 0.15) is 35.7 Å². The fourth-order valence-electron chi connectivity index (χ4n) is 2.82.